The van der Waals surface area contributed by atoms with Gasteiger partial charge >= 0.3 is 0 Å². The van der Waals surface area contributed by atoms with Crippen LogP contribution in [0.3, 0.4) is 0 Å². The highest BCUT2D eigenvalue weighted by Gasteiger charge is 2.19. The van der Waals surface area contributed by atoms with Crippen LogP contribution in [-0.2, 0) is 4.74 Å². The molecular weight excluding hydrogens is 192 g/mol. The van der Waals surface area contributed by atoms with Crippen LogP contribution in [0.5, 0.6) is 0 Å². The van der Waals surface area contributed by atoms with Gasteiger partial charge in [-0.15, -0.1) is 0 Å². The second kappa shape index (κ2) is 6.44. The number of methoxy groups -OCH3 is 1. The van der Waals surface area contributed by atoms with Crippen LogP contribution in [0.4, 0.5) is 0 Å². The molecule has 0 spiro atoms. The Labute approximate surface area is 90.0 Å². The van der Waals surface area contributed by atoms with Gasteiger partial charge < -0.3 is 4.74 Å². The van der Waals surface area contributed by atoms with Crippen LogP contribution in [0.15, 0.2) is 18.5 Å². The molecule has 0 aromatic carbocycles. The van der Waals surface area contributed by atoms with Crippen molar-refractivity contribution in [2.75, 3.05) is 13.7 Å². The lowest BCUT2D eigenvalue weighted by atomic mass is 9.98. The van der Waals surface area contributed by atoms with Crippen molar-refractivity contribution in [1.82, 2.24) is 15.4 Å². The van der Waals surface area contributed by atoms with Gasteiger partial charge in [-0.3, -0.25) is 5.84 Å². The van der Waals surface area contributed by atoms with E-state index in [4.69, 9.17) is 10.6 Å². The minimum absolute atomic E-state index is 0.0265. The van der Waals surface area contributed by atoms with Gasteiger partial charge in [0, 0.05) is 26.1 Å². The van der Waals surface area contributed by atoms with Gasteiger partial charge in [0.25, 0.3) is 0 Å². The fourth-order valence-corrected chi connectivity index (χ4v) is 1.43. The van der Waals surface area contributed by atoms with Gasteiger partial charge in [-0.1, -0.05) is 6.92 Å². The molecule has 0 bridgehead atoms. The quantitative estimate of drug-likeness (QED) is 0.533. The zero-order valence-corrected chi connectivity index (χ0v) is 9.18. The third-order valence-electron chi connectivity index (χ3n) is 2.39. The Morgan fingerprint density at radius 1 is 1.47 bits per heavy atom. The lowest BCUT2D eigenvalue weighted by Crippen LogP contribution is -2.34. The molecule has 0 saturated heterocycles. The molecule has 5 heteroatoms. The van der Waals surface area contributed by atoms with E-state index in [1.165, 1.54) is 0 Å². The topological polar surface area (TPSA) is 73.1 Å². The zero-order valence-electron chi connectivity index (χ0n) is 9.18. The maximum Gasteiger partial charge on any atom is 0.146 e. The molecule has 2 unspecified atom stereocenters. The Hall–Kier alpha value is -1.04. The minimum Gasteiger partial charge on any atom is -0.385 e. The number of hydrogen-bond donors (Lipinski definition) is 2. The van der Waals surface area contributed by atoms with E-state index < -0.39 is 0 Å². The van der Waals surface area contributed by atoms with E-state index in [-0.39, 0.29) is 6.04 Å². The van der Waals surface area contributed by atoms with Gasteiger partial charge in [0.05, 0.1) is 6.04 Å². The number of nitrogens with one attached hydrogen (secondary N) is 1. The van der Waals surface area contributed by atoms with Crippen LogP contribution in [0, 0.1) is 5.92 Å². The first-order valence-corrected chi connectivity index (χ1v) is 5.01. The summed E-state index contributed by atoms with van der Waals surface area (Å²) >= 11 is 0. The Balaban J connectivity index is 2.63. The van der Waals surface area contributed by atoms with Crippen LogP contribution in [-0.4, -0.2) is 23.7 Å². The third kappa shape index (κ3) is 3.54. The Kier molecular flexibility index (Phi) is 5.17. The molecule has 0 fully saturated rings. The fourth-order valence-electron chi connectivity index (χ4n) is 1.43. The SMILES string of the molecule is COCCC(C)C(NN)c1ncccn1. The number of nitrogens with zero attached hydrogens (tertiary/aromatic N) is 2. The maximum absolute atomic E-state index is 5.51. The number of aromatic nitrogens is 2. The molecule has 0 radical (unpaired) electrons. The summed E-state index contributed by atoms with van der Waals surface area (Å²) in [5, 5.41) is 0. The summed E-state index contributed by atoms with van der Waals surface area (Å²) in [4.78, 5) is 8.37. The summed E-state index contributed by atoms with van der Waals surface area (Å²) in [6.45, 7) is 2.81. The molecule has 0 aliphatic carbocycles. The standard InChI is InChI=1S/C10H18N4O/c1-8(4-7-15-2)9(14-11)10-12-5-3-6-13-10/h3,5-6,8-9,14H,4,7,11H2,1-2H3. The van der Waals surface area contributed by atoms with Crippen LogP contribution in [0.1, 0.15) is 25.2 Å². The van der Waals surface area contributed by atoms with Crippen molar-refractivity contribution in [3.8, 4) is 0 Å². The van der Waals surface area contributed by atoms with Crippen molar-refractivity contribution in [3.05, 3.63) is 24.3 Å². The summed E-state index contributed by atoms with van der Waals surface area (Å²) in [6, 6.07) is 1.76. The minimum atomic E-state index is -0.0265. The predicted molar refractivity (Wildman–Crippen MR) is 57.8 cm³/mol. The molecule has 0 aliphatic heterocycles. The number of ether oxygens (including phenoxy) is 1. The second-order valence-corrected chi connectivity index (χ2v) is 3.51. The molecule has 5 nitrogen and oxygen atoms in total. The lowest BCUT2D eigenvalue weighted by molar-refractivity contribution is 0.169. The molecule has 84 valence electrons. The first kappa shape index (κ1) is 12.0. The van der Waals surface area contributed by atoms with Gasteiger partial charge in [0.1, 0.15) is 5.82 Å². The average Bonchev–Trinajstić information content (AvgIpc) is 2.29. The normalized spacial score (nSPS) is 14.9. The van der Waals surface area contributed by atoms with E-state index in [0.717, 1.165) is 12.2 Å². The van der Waals surface area contributed by atoms with Crippen molar-refractivity contribution in [2.45, 2.75) is 19.4 Å². The smallest absolute Gasteiger partial charge is 0.146 e. The lowest BCUT2D eigenvalue weighted by Gasteiger charge is -2.21. The summed E-state index contributed by atoms with van der Waals surface area (Å²) in [5.41, 5.74) is 2.75. The molecule has 0 amide bonds. The largest absolute Gasteiger partial charge is 0.385 e. The highest BCUT2D eigenvalue weighted by molar-refractivity contribution is 4.97. The van der Waals surface area contributed by atoms with Crippen molar-refractivity contribution >= 4 is 0 Å². The highest BCUT2D eigenvalue weighted by atomic mass is 16.5. The van der Waals surface area contributed by atoms with Gasteiger partial charge in [0.15, 0.2) is 0 Å². The monoisotopic (exact) mass is 210 g/mol. The van der Waals surface area contributed by atoms with Gasteiger partial charge in [0.2, 0.25) is 0 Å². The Morgan fingerprint density at radius 3 is 2.67 bits per heavy atom. The van der Waals surface area contributed by atoms with Crippen molar-refractivity contribution in [3.63, 3.8) is 0 Å². The molecule has 1 aromatic rings. The number of hydrazine groups is 1. The molecule has 1 heterocycles. The molecule has 3 N–H and O–H groups in total. The van der Waals surface area contributed by atoms with E-state index in [2.05, 4.69) is 22.3 Å². The fraction of sp³-hybridized carbons (Fsp3) is 0.600. The molecular formula is C10H18N4O. The highest BCUT2D eigenvalue weighted by Crippen LogP contribution is 2.20. The first-order chi connectivity index (χ1) is 7.29. The van der Waals surface area contributed by atoms with Crippen LogP contribution in [0.2, 0.25) is 0 Å². The number of nitrogens with two attached hydrogens (primary N) is 1. The molecule has 2 atom stereocenters. The molecule has 1 aromatic heterocycles. The van der Waals surface area contributed by atoms with Crippen LogP contribution in [0.25, 0.3) is 0 Å². The predicted octanol–water partition coefficient (Wildman–Crippen LogP) is 0.654. The number of rotatable bonds is 6. The maximum atomic E-state index is 5.51. The van der Waals surface area contributed by atoms with Crippen LogP contribution >= 0.6 is 0 Å². The van der Waals surface area contributed by atoms with Gasteiger partial charge in [-0.25, -0.2) is 15.4 Å². The van der Waals surface area contributed by atoms with E-state index in [9.17, 15) is 0 Å². The zero-order chi connectivity index (χ0) is 11.1. The van der Waals surface area contributed by atoms with E-state index in [1.807, 2.05) is 0 Å². The summed E-state index contributed by atoms with van der Waals surface area (Å²) in [6.07, 6.45) is 4.36. The Bertz CT molecular complexity index is 267. The third-order valence-corrected chi connectivity index (χ3v) is 2.39. The molecule has 1 rings (SSSR count). The average molecular weight is 210 g/mol. The van der Waals surface area contributed by atoms with Gasteiger partial charge in [-0.05, 0) is 18.4 Å². The Morgan fingerprint density at radius 2 is 2.13 bits per heavy atom. The van der Waals surface area contributed by atoms with E-state index in [0.29, 0.717) is 12.5 Å². The first-order valence-electron chi connectivity index (χ1n) is 5.01. The van der Waals surface area contributed by atoms with Crippen molar-refractivity contribution in [1.29, 1.82) is 0 Å². The van der Waals surface area contributed by atoms with Crippen molar-refractivity contribution in [2.24, 2.45) is 11.8 Å². The summed E-state index contributed by atoms with van der Waals surface area (Å²) < 4.78 is 5.03. The van der Waals surface area contributed by atoms with Crippen molar-refractivity contribution < 1.29 is 4.74 Å². The summed E-state index contributed by atoms with van der Waals surface area (Å²) in [5.74, 6) is 6.56. The molecule has 0 aliphatic rings. The second-order valence-electron chi connectivity index (χ2n) is 3.51. The van der Waals surface area contributed by atoms with Crippen LogP contribution < -0.4 is 11.3 Å². The number of hydrogen-bond acceptors (Lipinski definition) is 5. The van der Waals surface area contributed by atoms with E-state index in [1.54, 1.807) is 25.6 Å². The molecule has 15 heavy (non-hydrogen) atoms. The van der Waals surface area contributed by atoms with Gasteiger partial charge in [-0.2, -0.15) is 0 Å². The van der Waals surface area contributed by atoms with E-state index >= 15 is 0 Å². The molecule has 0 saturated carbocycles. The summed E-state index contributed by atoms with van der Waals surface area (Å²) in [7, 11) is 1.69.